The Morgan fingerprint density at radius 3 is 2.27 bits per heavy atom. The molecule has 2 fully saturated rings. The van der Waals surface area contributed by atoms with Crippen LogP contribution >= 0.6 is 0 Å². The minimum absolute atomic E-state index is 0.0442. The molecule has 2 aliphatic rings. The molecule has 37 heavy (non-hydrogen) atoms. The number of alkyl halides is 3. The van der Waals surface area contributed by atoms with Crippen molar-refractivity contribution in [1.82, 2.24) is 10.2 Å². The molecule has 6 nitrogen and oxygen atoms in total. The van der Waals surface area contributed by atoms with Gasteiger partial charge in [-0.3, -0.25) is 14.4 Å². The van der Waals surface area contributed by atoms with Gasteiger partial charge in [0.2, 0.25) is 5.91 Å². The number of halogens is 3. The number of rotatable bonds is 6. The van der Waals surface area contributed by atoms with Gasteiger partial charge >= 0.3 is 6.18 Å². The van der Waals surface area contributed by atoms with Crippen molar-refractivity contribution in [2.45, 2.75) is 50.8 Å². The van der Waals surface area contributed by atoms with Crippen molar-refractivity contribution in [2.75, 3.05) is 26.2 Å². The van der Waals surface area contributed by atoms with Crippen LogP contribution in [0, 0.1) is 5.41 Å². The lowest BCUT2D eigenvalue weighted by Gasteiger charge is -2.50. The summed E-state index contributed by atoms with van der Waals surface area (Å²) in [5.41, 5.74) is -2.57. The lowest BCUT2D eigenvalue weighted by atomic mass is 9.61. The van der Waals surface area contributed by atoms with E-state index in [1.807, 2.05) is 12.1 Å². The van der Waals surface area contributed by atoms with E-state index in [0.717, 1.165) is 5.56 Å². The van der Waals surface area contributed by atoms with Crippen LogP contribution in [0.2, 0.25) is 0 Å². The van der Waals surface area contributed by atoms with Gasteiger partial charge in [0.25, 0.3) is 11.5 Å². The van der Waals surface area contributed by atoms with Gasteiger partial charge in [-0.05, 0) is 37.7 Å². The molecular weight excluding hydrogens is 485 g/mol. The molecule has 2 amide bonds. The second kappa shape index (κ2) is 10.3. The Labute approximate surface area is 214 Å². The smallest absolute Gasteiger partial charge is 0.355 e. The van der Waals surface area contributed by atoms with Gasteiger partial charge in [-0.1, -0.05) is 54.6 Å². The van der Waals surface area contributed by atoms with E-state index in [1.54, 1.807) is 18.2 Å². The molecule has 0 radical (unpaired) electrons. The van der Waals surface area contributed by atoms with E-state index < -0.39 is 23.1 Å². The Morgan fingerprint density at radius 2 is 1.68 bits per heavy atom. The number of carbonyl (C=O) groups is 3. The van der Waals surface area contributed by atoms with Gasteiger partial charge in [-0.25, -0.2) is 0 Å². The average molecular weight is 517 g/mol. The Morgan fingerprint density at radius 1 is 1.05 bits per heavy atom. The number of hydrogen-bond donors (Lipinski definition) is 1. The number of nitrogens with zero attached hydrogens (tertiary/aromatic N) is 1. The number of ether oxygens (including phenoxy) is 1. The van der Waals surface area contributed by atoms with Crippen molar-refractivity contribution >= 4 is 17.6 Å². The zero-order chi connectivity index (χ0) is 26.8. The number of nitrogens with one attached hydrogen (secondary N) is 1. The van der Waals surface area contributed by atoms with Gasteiger partial charge in [0.1, 0.15) is 0 Å². The normalized spacial score (nSPS) is 21.3. The molecule has 0 aromatic heterocycles. The quantitative estimate of drug-likeness (QED) is 0.570. The van der Waals surface area contributed by atoms with Crippen LogP contribution in [-0.2, 0) is 19.9 Å². The maximum atomic E-state index is 14.6. The fraction of sp³-hybridized carbons (Fsp3) is 0.464. The van der Waals surface area contributed by atoms with Crippen LogP contribution in [0.1, 0.15) is 60.5 Å². The average Bonchev–Trinajstić information content (AvgIpc) is 2.87. The van der Waals surface area contributed by atoms with E-state index in [1.165, 1.54) is 43.0 Å². The highest BCUT2D eigenvalue weighted by Crippen LogP contribution is 2.51. The highest BCUT2D eigenvalue weighted by molar-refractivity contribution is 5.96. The van der Waals surface area contributed by atoms with E-state index in [0.29, 0.717) is 24.9 Å². The van der Waals surface area contributed by atoms with Gasteiger partial charge in [-0.2, -0.15) is 13.2 Å². The van der Waals surface area contributed by atoms with Crippen LogP contribution in [0.3, 0.4) is 0 Å². The van der Waals surface area contributed by atoms with Gasteiger partial charge in [0, 0.05) is 49.7 Å². The fourth-order valence-electron chi connectivity index (χ4n) is 5.93. The first-order valence-corrected chi connectivity index (χ1v) is 12.5. The van der Waals surface area contributed by atoms with E-state index >= 15 is 0 Å². The molecule has 2 heterocycles. The van der Waals surface area contributed by atoms with Gasteiger partial charge in [0.05, 0.1) is 0 Å². The molecule has 0 aliphatic carbocycles. The maximum absolute atomic E-state index is 14.6. The van der Waals surface area contributed by atoms with E-state index in [-0.39, 0.29) is 49.3 Å². The van der Waals surface area contributed by atoms with Gasteiger partial charge in [-0.15, -0.1) is 0 Å². The van der Waals surface area contributed by atoms with Gasteiger partial charge in [0.15, 0.2) is 5.78 Å². The van der Waals surface area contributed by atoms with Crippen LogP contribution in [0.5, 0.6) is 0 Å². The second-order valence-corrected chi connectivity index (χ2v) is 9.81. The summed E-state index contributed by atoms with van der Waals surface area (Å²) in [5.74, 6) is -1.58. The number of amides is 2. The minimum atomic E-state index is -4.98. The summed E-state index contributed by atoms with van der Waals surface area (Å²) in [6.07, 6.45) is -4.14. The molecule has 2 atom stereocenters. The number of ketones is 1. The molecule has 198 valence electrons. The largest absolute Gasteiger partial charge is 0.430 e. The second-order valence-electron chi connectivity index (χ2n) is 9.81. The lowest BCUT2D eigenvalue weighted by molar-refractivity contribution is -0.277. The summed E-state index contributed by atoms with van der Waals surface area (Å²) in [7, 11) is 0. The zero-order valence-corrected chi connectivity index (χ0v) is 20.9. The highest BCUT2D eigenvalue weighted by atomic mass is 19.4. The fourth-order valence-corrected chi connectivity index (χ4v) is 5.93. The number of likely N-dealkylation sites (tertiary alicyclic amines) is 1. The lowest BCUT2D eigenvalue weighted by Crippen LogP contribution is -2.60. The predicted octanol–water partition coefficient (Wildman–Crippen LogP) is 4.60. The summed E-state index contributed by atoms with van der Waals surface area (Å²) in [6, 6.07) is 14.2. The molecule has 0 bridgehead atoms. The van der Waals surface area contributed by atoms with Crippen molar-refractivity contribution in [2.24, 2.45) is 5.41 Å². The van der Waals surface area contributed by atoms with E-state index in [9.17, 15) is 27.6 Å². The molecule has 1 spiro atoms. The van der Waals surface area contributed by atoms with E-state index in [2.05, 4.69) is 5.32 Å². The van der Waals surface area contributed by atoms with Crippen LogP contribution < -0.4 is 5.32 Å². The summed E-state index contributed by atoms with van der Waals surface area (Å²) >= 11 is 0. The van der Waals surface area contributed by atoms with Crippen molar-refractivity contribution in [3.63, 3.8) is 0 Å². The van der Waals surface area contributed by atoms with Crippen molar-refractivity contribution in [3.8, 4) is 0 Å². The highest BCUT2D eigenvalue weighted by Gasteiger charge is 2.64. The SMILES string of the molecule is CCO[C@@](C(=O)N1CCC2(CC1)CC(=O)NCC2c1ccccc1C(C)=O)(c1ccccc1)C(F)(F)F. The standard InChI is InChI=1S/C28H31F3N2O4/c1-3-37-27(28(29,30)31,20-9-5-4-6-10-20)25(36)33-15-13-26(14-16-33)17-24(35)32-18-23(26)22-12-8-7-11-21(22)19(2)34/h4-12,23H,3,13-18H2,1-2H3,(H,32,35)/t23?,27-/m1/s1. The summed E-state index contributed by atoms with van der Waals surface area (Å²) in [5, 5.41) is 2.89. The Balaban J connectivity index is 1.66. The van der Waals surface area contributed by atoms with Crippen molar-refractivity contribution in [3.05, 3.63) is 71.3 Å². The molecule has 2 aromatic carbocycles. The van der Waals surface area contributed by atoms with Crippen LogP contribution in [0.4, 0.5) is 13.2 Å². The first kappa shape index (κ1) is 26.9. The first-order chi connectivity index (χ1) is 17.6. The summed E-state index contributed by atoms with van der Waals surface area (Å²) in [6.45, 7) is 3.03. The number of benzene rings is 2. The third-order valence-corrected chi connectivity index (χ3v) is 7.76. The van der Waals surface area contributed by atoms with Crippen LogP contribution in [0.25, 0.3) is 0 Å². The Kier molecular flexibility index (Phi) is 7.46. The molecule has 0 saturated carbocycles. The number of hydrogen-bond acceptors (Lipinski definition) is 4. The first-order valence-electron chi connectivity index (χ1n) is 12.5. The third kappa shape index (κ3) is 4.77. The monoisotopic (exact) mass is 516 g/mol. The Bertz CT molecular complexity index is 1160. The molecule has 1 unspecified atom stereocenters. The predicted molar refractivity (Wildman–Crippen MR) is 131 cm³/mol. The summed E-state index contributed by atoms with van der Waals surface area (Å²) in [4.78, 5) is 39.7. The van der Waals surface area contributed by atoms with Crippen LogP contribution in [-0.4, -0.2) is 54.9 Å². The summed E-state index contributed by atoms with van der Waals surface area (Å²) < 4.78 is 49.1. The molecule has 1 N–H and O–H groups in total. The number of Topliss-reactive ketones (excluding diaryl/α,β-unsaturated/α-hetero) is 1. The zero-order valence-electron chi connectivity index (χ0n) is 20.9. The van der Waals surface area contributed by atoms with Crippen molar-refractivity contribution < 1.29 is 32.3 Å². The third-order valence-electron chi connectivity index (χ3n) is 7.76. The van der Waals surface area contributed by atoms with E-state index in [4.69, 9.17) is 4.74 Å². The molecule has 4 rings (SSSR count). The van der Waals surface area contributed by atoms with Gasteiger partial charge < -0.3 is 15.0 Å². The maximum Gasteiger partial charge on any atom is 0.430 e. The van der Waals surface area contributed by atoms with Crippen molar-refractivity contribution in [1.29, 1.82) is 0 Å². The Hall–Kier alpha value is -3.20. The number of piperidine rings is 2. The molecule has 2 saturated heterocycles. The molecule has 9 heteroatoms. The minimum Gasteiger partial charge on any atom is -0.355 e. The number of carbonyl (C=O) groups excluding carboxylic acids is 3. The molecular formula is C28H31F3N2O4. The van der Waals surface area contributed by atoms with Crippen LogP contribution in [0.15, 0.2) is 54.6 Å². The molecule has 2 aromatic rings. The molecule has 2 aliphatic heterocycles. The topological polar surface area (TPSA) is 75.7 Å².